The Kier molecular flexibility index (Phi) is 4.42. The van der Waals surface area contributed by atoms with Gasteiger partial charge < -0.3 is 11.5 Å². The van der Waals surface area contributed by atoms with Gasteiger partial charge in [-0.1, -0.05) is 38.5 Å². The van der Waals surface area contributed by atoms with Crippen LogP contribution in [0.5, 0.6) is 0 Å². The maximum Gasteiger partial charge on any atom is 0.0402 e. The Hall–Kier alpha value is -1.18. The summed E-state index contributed by atoms with van der Waals surface area (Å²) in [6, 6.07) is 2.27. The fraction of sp³-hybridized carbons (Fsp3) is 0.684. The number of nitrogen functional groups attached to an aromatic ring is 2. The second-order valence-corrected chi connectivity index (χ2v) is 7.18. The van der Waals surface area contributed by atoms with Crippen molar-refractivity contribution in [1.29, 1.82) is 0 Å². The van der Waals surface area contributed by atoms with Gasteiger partial charge in [-0.25, -0.2) is 0 Å². The maximum absolute atomic E-state index is 6.54. The van der Waals surface area contributed by atoms with Gasteiger partial charge in [0, 0.05) is 16.9 Å². The van der Waals surface area contributed by atoms with Crippen molar-refractivity contribution in [3.05, 3.63) is 22.8 Å². The van der Waals surface area contributed by atoms with Crippen LogP contribution in [0.15, 0.2) is 6.07 Å². The van der Waals surface area contributed by atoms with Crippen LogP contribution in [0.3, 0.4) is 0 Å². The van der Waals surface area contributed by atoms with Gasteiger partial charge in [0.05, 0.1) is 0 Å². The van der Waals surface area contributed by atoms with Crippen LogP contribution in [-0.2, 0) is 0 Å². The van der Waals surface area contributed by atoms with E-state index in [4.69, 9.17) is 11.5 Å². The summed E-state index contributed by atoms with van der Waals surface area (Å²) in [7, 11) is 0. The highest BCUT2D eigenvalue weighted by atomic mass is 14.6. The third-order valence-electron chi connectivity index (χ3n) is 5.81. The molecule has 3 rings (SSSR count). The minimum atomic E-state index is 0.595. The number of nitrogens with two attached hydrogens (primary N) is 2. The number of hydrogen-bond acceptors (Lipinski definition) is 2. The van der Waals surface area contributed by atoms with Crippen LogP contribution in [0.4, 0.5) is 11.4 Å². The Balaban J connectivity index is 1.94. The predicted molar refractivity (Wildman–Crippen MR) is 91.7 cm³/mol. The number of hydrogen-bond donors (Lipinski definition) is 2. The molecule has 0 aliphatic heterocycles. The minimum Gasteiger partial charge on any atom is -0.398 e. The zero-order valence-electron chi connectivity index (χ0n) is 13.5. The van der Waals surface area contributed by atoms with E-state index in [0.717, 1.165) is 11.4 Å². The summed E-state index contributed by atoms with van der Waals surface area (Å²) in [5.41, 5.74) is 19.0. The molecule has 2 heteroatoms. The van der Waals surface area contributed by atoms with Gasteiger partial charge in [0.2, 0.25) is 0 Å². The summed E-state index contributed by atoms with van der Waals surface area (Å²) >= 11 is 0. The van der Waals surface area contributed by atoms with E-state index in [1.165, 1.54) is 80.9 Å². The number of rotatable bonds is 2. The molecule has 116 valence electrons. The molecule has 0 bridgehead atoms. The first kappa shape index (κ1) is 14.7. The van der Waals surface area contributed by atoms with Crippen molar-refractivity contribution in [2.75, 3.05) is 11.5 Å². The fourth-order valence-corrected chi connectivity index (χ4v) is 4.55. The van der Waals surface area contributed by atoms with Crippen molar-refractivity contribution >= 4 is 11.4 Å². The van der Waals surface area contributed by atoms with E-state index in [1.54, 1.807) is 0 Å². The van der Waals surface area contributed by atoms with Crippen LogP contribution in [-0.4, -0.2) is 0 Å². The van der Waals surface area contributed by atoms with Crippen LogP contribution in [0, 0.1) is 6.92 Å². The molecule has 0 radical (unpaired) electrons. The molecular weight excluding hydrogens is 256 g/mol. The molecule has 0 amide bonds. The molecule has 2 nitrogen and oxygen atoms in total. The van der Waals surface area contributed by atoms with E-state index in [-0.39, 0.29) is 0 Å². The van der Waals surface area contributed by atoms with Crippen LogP contribution in [0.25, 0.3) is 0 Å². The Labute approximate surface area is 129 Å². The lowest BCUT2D eigenvalue weighted by Gasteiger charge is -2.29. The van der Waals surface area contributed by atoms with Gasteiger partial charge >= 0.3 is 0 Å². The van der Waals surface area contributed by atoms with E-state index in [0.29, 0.717) is 11.8 Å². The lowest BCUT2D eigenvalue weighted by atomic mass is 9.77. The maximum atomic E-state index is 6.54. The molecule has 0 atom stereocenters. The van der Waals surface area contributed by atoms with Crippen LogP contribution >= 0.6 is 0 Å². The molecule has 2 fully saturated rings. The van der Waals surface area contributed by atoms with Crippen molar-refractivity contribution in [2.24, 2.45) is 0 Å². The molecule has 0 aromatic heterocycles. The van der Waals surface area contributed by atoms with Crippen LogP contribution in [0.1, 0.15) is 92.7 Å². The smallest absolute Gasteiger partial charge is 0.0402 e. The van der Waals surface area contributed by atoms with Crippen molar-refractivity contribution in [2.45, 2.75) is 83.0 Å². The molecule has 2 aliphatic rings. The third kappa shape index (κ3) is 2.90. The Bertz CT molecular complexity index is 495. The molecule has 2 aliphatic carbocycles. The standard InChI is InChI=1S/C19H30N2/c1-13-16(14-8-4-2-5-9-14)12-17(20)18(19(13)21)15-10-6-3-7-11-15/h12,14-15H,2-11,20-21H2,1H3. The molecule has 21 heavy (non-hydrogen) atoms. The molecule has 0 saturated heterocycles. The highest BCUT2D eigenvalue weighted by Gasteiger charge is 2.25. The Morgan fingerprint density at radius 3 is 1.90 bits per heavy atom. The van der Waals surface area contributed by atoms with Gasteiger partial charge in [-0.05, 0) is 61.6 Å². The zero-order valence-corrected chi connectivity index (χ0v) is 13.5. The molecule has 0 spiro atoms. The lowest BCUT2D eigenvalue weighted by molar-refractivity contribution is 0.439. The quantitative estimate of drug-likeness (QED) is 0.729. The molecule has 1 aromatic rings. The molecule has 0 unspecified atom stereocenters. The van der Waals surface area contributed by atoms with Gasteiger partial charge in [0.15, 0.2) is 0 Å². The van der Waals surface area contributed by atoms with Gasteiger partial charge in [0.25, 0.3) is 0 Å². The lowest BCUT2D eigenvalue weighted by Crippen LogP contribution is -2.14. The largest absolute Gasteiger partial charge is 0.398 e. The summed E-state index contributed by atoms with van der Waals surface area (Å²) in [6.45, 7) is 2.21. The van der Waals surface area contributed by atoms with Crippen molar-refractivity contribution in [3.8, 4) is 0 Å². The van der Waals surface area contributed by atoms with E-state index in [9.17, 15) is 0 Å². The van der Waals surface area contributed by atoms with Gasteiger partial charge in [-0.15, -0.1) is 0 Å². The molecule has 0 heterocycles. The Morgan fingerprint density at radius 1 is 0.810 bits per heavy atom. The van der Waals surface area contributed by atoms with Gasteiger partial charge in [-0.2, -0.15) is 0 Å². The molecule has 2 saturated carbocycles. The topological polar surface area (TPSA) is 52.0 Å². The Morgan fingerprint density at radius 2 is 1.33 bits per heavy atom. The van der Waals surface area contributed by atoms with Crippen molar-refractivity contribution in [3.63, 3.8) is 0 Å². The second kappa shape index (κ2) is 6.29. The number of anilines is 2. The first-order valence-corrected chi connectivity index (χ1v) is 8.87. The molecule has 1 aromatic carbocycles. The summed E-state index contributed by atoms with van der Waals surface area (Å²) in [4.78, 5) is 0. The first-order chi connectivity index (χ1) is 10.2. The SMILES string of the molecule is Cc1c(C2CCCCC2)cc(N)c(C2CCCCC2)c1N. The summed E-state index contributed by atoms with van der Waals surface area (Å²) < 4.78 is 0. The van der Waals surface area contributed by atoms with Crippen molar-refractivity contribution in [1.82, 2.24) is 0 Å². The van der Waals surface area contributed by atoms with E-state index >= 15 is 0 Å². The van der Waals surface area contributed by atoms with Crippen molar-refractivity contribution < 1.29 is 0 Å². The second-order valence-electron chi connectivity index (χ2n) is 7.18. The summed E-state index contributed by atoms with van der Waals surface area (Å²) in [6.07, 6.45) is 13.3. The first-order valence-electron chi connectivity index (χ1n) is 8.87. The van der Waals surface area contributed by atoms with Gasteiger partial charge in [-0.3, -0.25) is 0 Å². The normalized spacial score (nSPS) is 21.6. The van der Waals surface area contributed by atoms with Crippen LogP contribution < -0.4 is 11.5 Å². The van der Waals surface area contributed by atoms with E-state index in [1.807, 2.05) is 0 Å². The minimum absolute atomic E-state index is 0.595. The highest BCUT2D eigenvalue weighted by Crippen LogP contribution is 2.44. The molecule has 4 N–H and O–H groups in total. The average molecular weight is 286 g/mol. The van der Waals surface area contributed by atoms with Crippen LogP contribution in [0.2, 0.25) is 0 Å². The van der Waals surface area contributed by atoms with E-state index in [2.05, 4.69) is 13.0 Å². The number of benzene rings is 1. The van der Waals surface area contributed by atoms with Gasteiger partial charge in [0.1, 0.15) is 0 Å². The summed E-state index contributed by atoms with van der Waals surface area (Å²) in [5.74, 6) is 1.28. The predicted octanol–water partition coefficient (Wildman–Crippen LogP) is 5.25. The zero-order chi connectivity index (χ0) is 14.8. The van der Waals surface area contributed by atoms with E-state index < -0.39 is 0 Å². The fourth-order valence-electron chi connectivity index (χ4n) is 4.55. The highest BCUT2D eigenvalue weighted by molar-refractivity contribution is 5.69. The third-order valence-corrected chi connectivity index (χ3v) is 5.81. The monoisotopic (exact) mass is 286 g/mol. The molecular formula is C19H30N2. The summed E-state index contributed by atoms with van der Waals surface area (Å²) in [5, 5.41) is 0. The average Bonchev–Trinajstić information content (AvgIpc) is 2.53.